The summed E-state index contributed by atoms with van der Waals surface area (Å²) in [6, 6.07) is 9.78. The average molecular weight is 276 g/mol. The molecule has 1 aliphatic heterocycles. The van der Waals surface area contributed by atoms with Crippen LogP contribution in [-0.2, 0) is 0 Å². The predicted octanol–water partition coefficient (Wildman–Crippen LogP) is 3.22. The molecule has 2 rings (SSSR count). The van der Waals surface area contributed by atoms with Crippen LogP contribution in [0.25, 0.3) is 0 Å². The Kier molecular flexibility index (Phi) is 5.86. The van der Waals surface area contributed by atoms with Gasteiger partial charge in [0.1, 0.15) is 5.75 Å². The van der Waals surface area contributed by atoms with Crippen LogP contribution in [0.1, 0.15) is 44.7 Å². The van der Waals surface area contributed by atoms with Crippen molar-refractivity contribution in [1.82, 2.24) is 10.2 Å². The number of ether oxygens (including phenoxy) is 1. The first-order chi connectivity index (χ1) is 9.76. The molecule has 0 aliphatic carbocycles. The maximum Gasteiger partial charge on any atom is 0.119 e. The third-order valence-corrected chi connectivity index (χ3v) is 4.20. The minimum Gasteiger partial charge on any atom is -0.494 e. The first kappa shape index (κ1) is 15.3. The second-order valence-corrected chi connectivity index (χ2v) is 5.69. The second kappa shape index (κ2) is 7.65. The van der Waals surface area contributed by atoms with Gasteiger partial charge >= 0.3 is 0 Å². The van der Waals surface area contributed by atoms with E-state index in [9.17, 15) is 0 Å². The molecule has 3 heteroatoms. The molecule has 3 nitrogen and oxygen atoms in total. The molecule has 0 radical (unpaired) electrons. The normalized spacial score (nSPS) is 21.1. The van der Waals surface area contributed by atoms with E-state index < -0.39 is 0 Å². The number of nitrogens with one attached hydrogen (secondary N) is 1. The number of likely N-dealkylation sites (tertiary alicyclic amines) is 1. The molecule has 1 saturated heterocycles. The Morgan fingerprint density at radius 1 is 1.35 bits per heavy atom. The minimum atomic E-state index is 0.482. The molecule has 1 heterocycles. The van der Waals surface area contributed by atoms with E-state index in [1.54, 1.807) is 0 Å². The molecule has 0 amide bonds. The molecule has 1 aromatic rings. The molecule has 1 aromatic carbocycles. The van der Waals surface area contributed by atoms with Crippen molar-refractivity contribution in [3.63, 3.8) is 0 Å². The Morgan fingerprint density at radius 3 is 2.75 bits per heavy atom. The first-order valence-electron chi connectivity index (χ1n) is 7.89. The highest BCUT2D eigenvalue weighted by Crippen LogP contribution is 2.29. The molecular formula is C17H28N2O. The molecule has 0 bridgehead atoms. The Morgan fingerprint density at radius 2 is 2.10 bits per heavy atom. The molecule has 0 saturated carbocycles. The highest BCUT2D eigenvalue weighted by Gasteiger charge is 2.28. The van der Waals surface area contributed by atoms with E-state index in [2.05, 4.69) is 48.3 Å². The zero-order valence-corrected chi connectivity index (χ0v) is 13.1. The summed E-state index contributed by atoms with van der Waals surface area (Å²) in [4.78, 5) is 2.62. The van der Waals surface area contributed by atoms with E-state index >= 15 is 0 Å². The van der Waals surface area contributed by atoms with Gasteiger partial charge in [0, 0.05) is 18.6 Å². The highest BCUT2D eigenvalue weighted by molar-refractivity contribution is 5.29. The van der Waals surface area contributed by atoms with E-state index in [4.69, 9.17) is 4.74 Å². The summed E-state index contributed by atoms with van der Waals surface area (Å²) in [6.45, 7) is 7.54. The fraction of sp³-hybridized carbons (Fsp3) is 0.647. The van der Waals surface area contributed by atoms with Gasteiger partial charge in [0.15, 0.2) is 0 Å². The van der Waals surface area contributed by atoms with Gasteiger partial charge in [-0.05, 0) is 57.5 Å². The average Bonchev–Trinajstić information content (AvgIpc) is 2.93. The van der Waals surface area contributed by atoms with Crippen molar-refractivity contribution < 1.29 is 4.74 Å². The van der Waals surface area contributed by atoms with Gasteiger partial charge < -0.3 is 10.1 Å². The van der Waals surface area contributed by atoms with E-state index in [1.165, 1.54) is 24.9 Å². The summed E-state index contributed by atoms with van der Waals surface area (Å²) >= 11 is 0. The van der Waals surface area contributed by atoms with Crippen LogP contribution in [0.3, 0.4) is 0 Å². The van der Waals surface area contributed by atoms with Gasteiger partial charge in [-0.25, -0.2) is 0 Å². The molecule has 2 atom stereocenters. The summed E-state index contributed by atoms with van der Waals surface area (Å²) in [5.74, 6) is 0.982. The van der Waals surface area contributed by atoms with Crippen molar-refractivity contribution in [2.45, 2.75) is 45.2 Å². The molecule has 0 aromatic heterocycles. The van der Waals surface area contributed by atoms with Gasteiger partial charge in [0.05, 0.1) is 6.61 Å². The topological polar surface area (TPSA) is 24.5 Å². The van der Waals surface area contributed by atoms with Crippen molar-refractivity contribution >= 4 is 0 Å². The number of hydrogen-bond donors (Lipinski definition) is 1. The van der Waals surface area contributed by atoms with Gasteiger partial charge in [-0.15, -0.1) is 0 Å². The Labute approximate surface area is 123 Å². The molecular weight excluding hydrogens is 248 g/mol. The van der Waals surface area contributed by atoms with E-state index in [1.807, 2.05) is 7.05 Å². The van der Waals surface area contributed by atoms with E-state index in [0.717, 1.165) is 25.3 Å². The van der Waals surface area contributed by atoms with Gasteiger partial charge in [-0.3, -0.25) is 4.90 Å². The number of rotatable bonds is 7. The molecule has 0 spiro atoms. The molecule has 2 unspecified atom stereocenters. The van der Waals surface area contributed by atoms with Crippen molar-refractivity contribution in [2.75, 3.05) is 26.7 Å². The van der Waals surface area contributed by atoms with Crippen LogP contribution in [0.15, 0.2) is 24.3 Å². The predicted molar refractivity (Wildman–Crippen MR) is 84.3 cm³/mol. The minimum absolute atomic E-state index is 0.482. The van der Waals surface area contributed by atoms with Crippen LogP contribution >= 0.6 is 0 Å². The smallest absolute Gasteiger partial charge is 0.119 e. The number of benzene rings is 1. The Bertz CT molecular complexity index is 390. The number of likely N-dealkylation sites (N-methyl/N-ethyl adjacent to an activating group) is 1. The Hall–Kier alpha value is -1.06. The molecule has 1 aliphatic rings. The largest absolute Gasteiger partial charge is 0.494 e. The first-order valence-corrected chi connectivity index (χ1v) is 7.89. The third kappa shape index (κ3) is 3.74. The van der Waals surface area contributed by atoms with E-state index in [0.29, 0.717) is 12.1 Å². The third-order valence-electron chi connectivity index (χ3n) is 4.20. The van der Waals surface area contributed by atoms with Crippen molar-refractivity contribution in [3.05, 3.63) is 29.8 Å². The fourth-order valence-corrected chi connectivity index (χ4v) is 3.08. The van der Waals surface area contributed by atoms with Crippen LogP contribution in [-0.4, -0.2) is 37.7 Å². The van der Waals surface area contributed by atoms with Gasteiger partial charge in [-0.1, -0.05) is 19.1 Å². The summed E-state index contributed by atoms with van der Waals surface area (Å²) in [7, 11) is 2.04. The second-order valence-electron chi connectivity index (χ2n) is 5.69. The van der Waals surface area contributed by atoms with Crippen LogP contribution < -0.4 is 10.1 Å². The van der Waals surface area contributed by atoms with Crippen LogP contribution in [0.4, 0.5) is 0 Å². The van der Waals surface area contributed by atoms with Crippen LogP contribution in [0, 0.1) is 0 Å². The molecule has 20 heavy (non-hydrogen) atoms. The van der Waals surface area contributed by atoms with E-state index in [-0.39, 0.29) is 0 Å². The quantitative estimate of drug-likeness (QED) is 0.827. The molecule has 112 valence electrons. The maximum atomic E-state index is 5.65. The van der Waals surface area contributed by atoms with Crippen LogP contribution in [0.2, 0.25) is 0 Å². The lowest BCUT2D eigenvalue weighted by atomic mass is 10.1. The summed E-state index contributed by atoms with van der Waals surface area (Å²) in [5, 5.41) is 3.32. The number of nitrogens with zero attached hydrogens (tertiary/aromatic N) is 1. The Balaban J connectivity index is 1.99. The van der Waals surface area contributed by atoms with Gasteiger partial charge in [0.2, 0.25) is 0 Å². The highest BCUT2D eigenvalue weighted by atomic mass is 16.5. The number of hydrogen-bond acceptors (Lipinski definition) is 3. The maximum absolute atomic E-state index is 5.65. The summed E-state index contributed by atoms with van der Waals surface area (Å²) in [6.07, 6.45) is 3.68. The monoisotopic (exact) mass is 276 g/mol. The summed E-state index contributed by atoms with van der Waals surface area (Å²) < 4.78 is 5.65. The molecule has 1 N–H and O–H groups in total. The molecule has 1 fully saturated rings. The lowest BCUT2D eigenvalue weighted by molar-refractivity contribution is 0.191. The van der Waals surface area contributed by atoms with Crippen LogP contribution in [0.5, 0.6) is 5.75 Å². The zero-order valence-electron chi connectivity index (χ0n) is 13.1. The SMILES string of the molecule is CCCOc1ccc(C(C)N2CCCC2CNC)cc1. The fourth-order valence-electron chi connectivity index (χ4n) is 3.08. The lowest BCUT2D eigenvalue weighted by Crippen LogP contribution is -2.38. The zero-order chi connectivity index (χ0) is 14.4. The standard InChI is InChI=1S/C17H28N2O/c1-4-12-20-17-9-7-15(8-10-17)14(2)19-11-5-6-16(19)13-18-3/h7-10,14,16,18H,4-6,11-13H2,1-3H3. The van der Waals surface area contributed by atoms with Crippen molar-refractivity contribution in [3.8, 4) is 5.75 Å². The van der Waals surface area contributed by atoms with Gasteiger partial charge in [-0.2, -0.15) is 0 Å². The van der Waals surface area contributed by atoms with Gasteiger partial charge in [0.25, 0.3) is 0 Å². The lowest BCUT2D eigenvalue weighted by Gasteiger charge is -2.31. The summed E-state index contributed by atoms with van der Waals surface area (Å²) in [5.41, 5.74) is 1.39. The van der Waals surface area contributed by atoms with Crippen molar-refractivity contribution in [2.24, 2.45) is 0 Å². The van der Waals surface area contributed by atoms with Crippen molar-refractivity contribution in [1.29, 1.82) is 0 Å².